The standard InChI is InChI=1S/C130H82N4/c1-5-31-83(32-6-1)95-73-96(84-33-7-2-8-34-84)76-99(75-95)127-131-123(81-124(132-127)93-69-71-121-113(79-93)104-42-16-14-40-102(104)106-44-19-25-51-115(106)129(121)117-53-27-21-46-108(117)109-47-22-28-54-118(109)129)92-67-65-89(66-68-92)87-59-57-86(58-60-87)88-61-63-90(64-62-88)98-74-97(85-35-9-3-10-36-85)77-100(78-98)128-133-125(82-126(134-128)112-50-18-13-39-101(112)91-37-11-4-12-38-91)94-70-72-122-114(80-94)105-43-17-15-41-103(105)107-45-20-26-52-116(107)130(122)119-55-29-23-48-110(119)111-49-24-30-56-120(111)130/h1-82H. The number of rotatable bonds is 13. The van der Waals surface area contributed by atoms with Crippen LogP contribution in [0.2, 0.25) is 0 Å². The van der Waals surface area contributed by atoms with E-state index < -0.39 is 10.8 Å². The van der Waals surface area contributed by atoms with Gasteiger partial charge in [0.1, 0.15) is 0 Å². The zero-order chi connectivity index (χ0) is 88.4. The van der Waals surface area contributed by atoms with E-state index in [1.165, 1.54) is 111 Å². The molecule has 0 saturated heterocycles. The van der Waals surface area contributed by atoms with Gasteiger partial charge in [0.25, 0.3) is 0 Å². The van der Waals surface area contributed by atoms with E-state index in [4.69, 9.17) is 19.9 Å². The summed E-state index contributed by atoms with van der Waals surface area (Å²) in [4.78, 5) is 22.8. The molecule has 0 N–H and O–H groups in total. The molecule has 4 aliphatic rings. The second-order valence-corrected chi connectivity index (χ2v) is 35.6. The zero-order valence-corrected chi connectivity index (χ0v) is 73.1. The molecule has 0 unspecified atom stereocenters. The molecule has 26 rings (SSSR count). The van der Waals surface area contributed by atoms with E-state index in [0.29, 0.717) is 11.6 Å². The lowest BCUT2D eigenvalue weighted by Crippen LogP contribution is -2.29. The number of aromatic nitrogens is 4. The van der Waals surface area contributed by atoms with Crippen LogP contribution in [0.5, 0.6) is 0 Å². The second kappa shape index (κ2) is 31.7. The first kappa shape index (κ1) is 77.7. The quantitative estimate of drug-likeness (QED) is 0.115. The van der Waals surface area contributed by atoms with Crippen LogP contribution < -0.4 is 0 Å². The molecule has 20 aromatic carbocycles. The fourth-order valence-corrected chi connectivity index (χ4v) is 22.3. The molecule has 4 aliphatic carbocycles. The SMILES string of the molecule is c1ccc(-c2cc(-c3ccccc3)cc(-c3nc(-c4ccc(-c5ccc(-c6ccc(-c7cc(-c8ccccc8)cc(-c8nc(-c9ccc%10c(c9)-c9ccccc9-c9ccccc9C%109c%10ccccc%10-c%10ccccc%109)cc(-c9ccccc9-c9ccccc9)n8)c7)cc6)cc5)cc4)cc(-c4ccc5c(c4)-c4ccccc4-c4ccccc4C54c5ccccc5-c5ccccc54)n3)c2)cc1. The van der Waals surface area contributed by atoms with Crippen LogP contribution in [-0.2, 0) is 10.8 Å². The average Bonchev–Trinajstić information content (AvgIpc) is 1.52. The summed E-state index contributed by atoms with van der Waals surface area (Å²) in [5.74, 6) is 1.27. The van der Waals surface area contributed by atoms with Crippen molar-refractivity contribution in [3.8, 4) is 212 Å². The molecule has 0 radical (unpaired) electrons. The van der Waals surface area contributed by atoms with Crippen LogP contribution in [0, 0.1) is 0 Å². The Morgan fingerprint density at radius 1 is 0.104 bits per heavy atom. The van der Waals surface area contributed by atoms with E-state index >= 15 is 0 Å². The van der Waals surface area contributed by atoms with E-state index in [0.717, 1.165) is 134 Å². The Bertz CT molecular complexity index is 8300. The van der Waals surface area contributed by atoms with Crippen molar-refractivity contribution in [3.05, 3.63) is 542 Å². The van der Waals surface area contributed by atoms with Gasteiger partial charge in [-0.2, -0.15) is 0 Å². The van der Waals surface area contributed by atoms with Gasteiger partial charge in [0.15, 0.2) is 11.6 Å². The average molecular weight is 1700 g/mol. The summed E-state index contributed by atoms with van der Waals surface area (Å²) >= 11 is 0. The third-order valence-electron chi connectivity index (χ3n) is 28.4. The summed E-state index contributed by atoms with van der Waals surface area (Å²) in [6.45, 7) is 0. The third kappa shape index (κ3) is 12.7. The Morgan fingerprint density at radius 2 is 0.306 bits per heavy atom. The van der Waals surface area contributed by atoms with Gasteiger partial charge in [-0.1, -0.05) is 437 Å². The summed E-state index contributed by atoms with van der Waals surface area (Å²) in [6.07, 6.45) is 0. The lowest BCUT2D eigenvalue weighted by atomic mass is 9.66. The molecule has 134 heavy (non-hydrogen) atoms. The fourth-order valence-electron chi connectivity index (χ4n) is 22.3. The summed E-state index contributed by atoms with van der Waals surface area (Å²) in [7, 11) is 0. The highest BCUT2D eigenvalue weighted by Gasteiger charge is 2.52. The topological polar surface area (TPSA) is 51.6 Å². The molecule has 4 heteroatoms. The highest BCUT2D eigenvalue weighted by atomic mass is 14.9. The maximum absolute atomic E-state index is 5.77. The minimum Gasteiger partial charge on any atom is -0.228 e. The summed E-state index contributed by atoms with van der Waals surface area (Å²) in [5.41, 5.74) is 48.2. The van der Waals surface area contributed by atoms with Crippen LogP contribution in [0.25, 0.3) is 212 Å². The van der Waals surface area contributed by atoms with E-state index in [9.17, 15) is 0 Å². The molecule has 0 aliphatic heterocycles. The maximum atomic E-state index is 5.77. The minimum atomic E-state index is -0.615. The second-order valence-electron chi connectivity index (χ2n) is 35.6. The number of hydrogen-bond donors (Lipinski definition) is 0. The molecule has 2 aromatic heterocycles. The van der Waals surface area contributed by atoms with Gasteiger partial charge >= 0.3 is 0 Å². The lowest BCUT2D eigenvalue weighted by Gasteiger charge is -2.35. The smallest absolute Gasteiger partial charge is 0.160 e. The van der Waals surface area contributed by atoms with Gasteiger partial charge in [-0.15, -0.1) is 0 Å². The summed E-state index contributed by atoms with van der Waals surface area (Å²) < 4.78 is 0. The molecular weight excluding hydrogens is 1620 g/mol. The molecule has 2 heterocycles. The highest BCUT2D eigenvalue weighted by molar-refractivity contribution is 6.02. The normalized spacial score (nSPS) is 12.7. The Kier molecular flexibility index (Phi) is 18.4. The molecule has 622 valence electrons. The highest BCUT2D eigenvalue weighted by Crippen LogP contribution is 2.64. The van der Waals surface area contributed by atoms with Crippen molar-refractivity contribution in [2.75, 3.05) is 0 Å². The Morgan fingerprint density at radius 3 is 0.634 bits per heavy atom. The predicted molar refractivity (Wildman–Crippen MR) is 552 cm³/mol. The first-order valence-electron chi connectivity index (χ1n) is 46.2. The number of fused-ring (bicyclic) bond motifs is 24. The predicted octanol–water partition coefficient (Wildman–Crippen LogP) is 33.0. The zero-order valence-electron chi connectivity index (χ0n) is 73.1. The molecule has 4 nitrogen and oxygen atoms in total. The van der Waals surface area contributed by atoms with Gasteiger partial charge < -0.3 is 0 Å². The van der Waals surface area contributed by atoms with Gasteiger partial charge in [-0.3, -0.25) is 0 Å². The van der Waals surface area contributed by atoms with E-state index in [2.05, 4.69) is 497 Å². The van der Waals surface area contributed by atoms with Crippen LogP contribution in [0.1, 0.15) is 44.5 Å². The van der Waals surface area contributed by atoms with Gasteiger partial charge in [-0.05, 0) is 250 Å². The van der Waals surface area contributed by atoms with Crippen LogP contribution in [0.15, 0.2) is 497 Å². The van der Waals surface area contributed by atoms with Crippen molar-refractivity contribution in [1.29, 1.82) is 0 Å². The molecule has 0 atom stereocenters. The van der Waals surface area contributed by atoms with Gasteiger partial charge in [0.2, 0.25) is 0 Å². The van der Waals surface area contributed by atoms with Crippen molar-refractivity contribution in [3.63, 3.8) is 0 Å². The Labute approximate surface area is 779 Å². The lowest BCUT2D eigenvalue weighted by molar-refractivity contribution is 0.775. The molecule has 22 aromatic rings. The number of hydrogen-bond acceptors (Lipinski definition) is 4. The van der Waals surface area contributed by atoms with Crippen molar-refractivity contribution in [2.45, 2.75) is 10.8 Å². The third-order valence-corrected chi connectivity index (χ3v) is 28.4. The minimum absolute atomic E-state index is 0.610. The molecule has 0 amide bonds. The van der Waals surface area contributed by atoms with E-state index in [1.54, 1.807) is 0 Å². The van der Waals surface area contributed by atoms with Gasteiger partial charge in [0.05, 0.1) is 33.6 Å². The van der Waals surface area contributed by atoms with Crippen molar-refractivity contribution >= 4 is 0 Å². The Hall–Kier alpha value is -17.4. The van der Waals surface area contributed by atoms with E-state index in [-0.39, 0.29) is 0 Å². The monoisotopic (exact) mass is 1700 g/mol. The van der Waals surface area contributed by atoms with Crippen molar-refractivity contribution < 1.29 is 0 Å². The molecular formula is C130H82N4. The molecule has 0 saturated carbocycles. The van der Waals surface area contributed by atoms with Crippen molar-refractivity contribution in [1.82, 2.24) is 19.9 Å². The Balaban J connectivity index is 0.561. The van der Waals surface area contributed by atoms with E-state index in [1.807, 2.05) is 0 Å². The van der Waals surface area contributed by atoms with Gasteiger partial charge in [0, 0.05) is 33.4 Å². The number of nitrogens with zero attached hydrogens (tertiary/aromatic N) is 4. The fraction of sp³-hybridized carbons (Fsp3) is 0.0154. The van der Waals surface area contributed by atoms with Crippen LogP contribution in [0.4, 0.5) is 0 Å². The molecule has 0 bridgehead atoms. The molecule has 2 spiro atoms. The largest absolute Gasteiger partial charge is 0.228 e. The molecule has 0 fully saturated rings. The number of benzene rings is 20. The van der Waals surface area contributed by atoms with Crippen molar-refractivity contribution in [2.24, 2.45) is 0 Å². The van der Waals surface area contributed by atoms with Crippen LogP contribution in [0.3, 0.4) is 0 Å². The first-order chi connectivity index (χ1) is 66.4. The summed E-state index contributed by atoms with van der Waals surface area (Å²) in [6, 6.07) is 183. The first-order valence-corrected chi connectivity index (χ1v) is 46.2. The van der Waals surface area contributed by atoms with Gasteiger partial charge in [-0.25, -0.2) is 19.9 Å². The van der Waals surface area contributed by atoms with Crippen LogP contribution in [-0.4, -0.2) is 19.9 Å². The maximum Gasteiger partial charge on any atom is 0.160 e. The van der Waals surface area contributed by atoms with Crippen LogP contribution >= 0.6 is 0 Å². The summed E-state index contributed by atoms with van der Waals surface area (Å²) in [5, 5.41) is 0.